The van der Waals surface area contributed by atoms with Crippen molar-refractivity contribution in [1.82, 2.24) is 0 Å². The molecule has 0 aromatic rings. The van der Waals surface area contributed by atoms with Gasteiger partial charge in [-0.05, 0) is 89.9 Å². The Morgan fingerprint density at radius 2 is 1.07 bits per heavy atom. The predicted molar refractivity (Wildman–Crippen MR) is 219 cm³/mol. The summed E-state index contributed by atoms with van der Waals surface area (Å²) in [5.74, 6) is -0.371. The number of aliphatic hydroxyl groups is 4. The van der Waals surface area contributed by atoms with E-state index in [9.17, 15) is 25.2 Å². The van der Waals surface area contributed by atoms with Crippen LogP contribution in [0.2, 0.25) is 0 Å². The van der Waals surface area contributed by atoms with E-state index in [1.807, 2.05) is 0 Å². The van der Waals surface area contributed by atoms with Crippen LogP contribution in [0.1, 0.15) is 117 Å². The van der Waals surface area contributed by atoms with Crippen molar-refractivity contribution in [3.05, 3.63) is 97.2 Å². The molecule has 0 spiro atoms. The Hall–Kier alpha value is -2.89. The van der Waals surface area contributed by atoms with Gasteiger partial charge in [-0.3, -0.25) is 4.79 Å². The normalized spacial score (nSPS) is 21.9. The number of allylic oxidation sites excluding steroid dienone is 16. The smallest absolute Gasteiger partial charge is 0.306 e. The van der Waals surface area contributed by atoms with Gasteiger partial charge in [0.25, 0.3) is 0 Å². The highest BCUT2D eigenvalue weighted by Gasteiger charge is 2.44. The van der Waals surface area contributed by atoms with Crippen molar-refractivity contribution in [3.63, 3.8) is 0 Å². The third kappa shape index (κ3) is 26.8. The van der Waals surface area contributed by atoms with Gasteiger partial charge in [0, 0.05) is 13.0 Å². The van der Waals surface area contributed by atoms with Gasteiger partial charge in [-0.1, -0.05) is 117 Å². The summed E-state index contributed by atoms with van der Waals surface area (Å²) in [7, 11) is 0. The zero-order chi connectivity index (χ0) is 39.3. The lowest BCUT2D eigenvalue weighted by Crippen LogP contribution is -2.59. The van der Waals surface area contributed by atoms with E-state index in [0.717, 1.165) is 89.9 Å². The van der Waals surface area contributed by atoms with E-state index in [4.69, 9.17) is 18.9 Å². The molecule has 9 nitrogen and oxygen atoms in total. The minimum Gasteiger partial charge on any atom is -0.457 e. The molecule has 1 rings (SSSR count). The number of rotatable bonds is 32. The van der Waals surface area contributed by atoms with E-state index in [2.05, 4.69) is 111 Å². The lowest BCUT2D eigenvalue weighted by molar-refractivity contribution is -0.305. The SMILES string of the molecule is CC/C=C\C/C=C\C/C=C\C/C=C\CCCCCOCC(COC1OC(CO)C(O)C(O)C1O)OC(=O)CCCC/C=C\C/C=C\C/C=C\C/C=C\CC. The quantitative estimate of drug-likeness (QED) is 0.0303. The molecule has 0 radical (unpaired) electrons. The average molecular weight is 757 g/mol. The van der Waals surface area contributed by atoms with Crippen LogP contribution < -0.4 is 0 Å². The fourth-order valence-corrected chi connectivity index (χ4v) is 5.35. The van der Waals surface area contributed by atoms with Crippen LogP contribution in [-0.2, 0) is 23.7 Å². The van der Waals surface area contributed by atoms with Gasteiger partial charge in [-0.25, -0.2) is 0 Å². The number of hydrogen-bond donors (Lipinski definition) is 4. The first-order valence-electron chi connectivity index (χ1n) is 20.3. The predicted octanol–water partition coefficient (Wildman–Crippen LogP) is 8.46. The van der Waals surface area contributed by atoms with E-state index in [1.165, 1.54) is 0 Å². The maximum Gasteiger partial charge on any atom is 0.306 e. The van der Waals surface area contributed by atoms with Gasteiger partial charge in [0.15, 0.2) is 6.29 Å². The van der Waals surface area contributed by atoms with Crippen LogP contribution in [0.15, 0.2) is 97.2 Å². The Kier molecular flexibility index (Phi) is 32.6. The molecular formula is C45H72O9. The van der Waals surface area contributed by atoms with Gasteiger partial charge in [-0.2, -0.15) is 0 Å². The Morgan fingerprint density at radius 3 is 1.57 bits per heavy atom. The van der Waals surface area contributed by atoms with Gasteiger partial charge in [-0.15, -0.1) is 0 Å². The van der Waals surface area contributed by atoms with E-state index in [0.29, 0.717) is 13.0 Å². The Morgan fingerprint density at radius 1 is 0.593 bits per heavy atom. The molecular weight excluding hydrogens is 684 g/mol. The van der Waals surface area contributed by atoms with Crippen molar-refractivity contribution in [2.75, 3.05) is 26.4 Å². The molecule has 6 unspecified atom stereocenters. The maximum atomic E-state index is 12.7. The average Bonchev–Trinajstić information content (AvgIpc) is 3.17. The first kappa shape index (κ1) is 49.1. The van der Waals surface area contributed by atoms with Crippen LogP contribution in [0.5, 0.6) is 0 Å². The molecule has 0 amide bonds. The second-order valence-electron chi connectivity index (χ2n) is 13.3. The molecule has 1 aliphatic rings. The lowest BCUT2D eigenvalue weighted by atomic mass is 9.99. The molecule has 0 saturated carbocycles. The molecule has 0 aromatic heterocycles. The summed E-state index contributed by atoms with van der Waals surface area (Å²) in [6.45, 7) is 4.16. The van der Waals surface area contributed by atoms with E-state index in [1.54, 1.807) is 0 Å². The van der Waals surface area contributed by atoms with Crippen LogP contribution in [-0.4, -0.2) is 89.6 Å². The Labute approximate surface area is 326 Å². The molecule has 54 heavy (non-hydrogen) atoms. The summed E-state index contributed by atoms with van der Waals surface area (Å²) in [5.41, 5.74) is 0. The van der Waals surface area contributed by atoms with Crippen LogP contribution >= 0.6 is 0 Å². The summed E-state index contributed by atoms with van der Waals surface area (Å²) in [5, 5.41) is 40.0. The second kappa shape index (κ2) is 35.8. The zero-order valence-electron chi connectivity index (χ0n) is 33.2. The van der Waals surface area contributed by atoms with E-state index >= 15 is 0 Å². The Balaban J connectivity index is 2.39. The first-order valence-corrected chi connectivity index (χ1v) is 20.3. The molecule has 0 aromatic carbocycles. The second-order valence-corrected chi connectivity index (χ2v) is 13.3. The highest BCUT2D eigenvalue weighted by molar-refractivity contribution is 5.69. The van der Waals surface area contributed by atoms with Crippen molar-refractivity contribution >= 4 is 5.97 Å². The molecule has 306 valence electrons. The molecule has 0 aliphatic carbocycles. The van der Waals surface area contributed by atoms with Crippen molar-refractivity contribution in [3.8, 4) is 0 Å². The molecule has 0 bridgehead atoms. The molecule has 1 fully saturated rings. The van der Waals surface area contributed by atoms with Gasteiger partial charge >= 0.3 is 5.97 Å². The van der Waals surface area contributed by atoms with Crippen molar-refractivity contribution in [1.29, 1.82) is 0 Å². The standard InChI is InChI=1S/C45H72O9/c1-3-5-7-9-11-13-15-17-19-21-23-25-27-29-31-33-35-51-37-39(38-52-45-44(50)43(49)42(48)40(36-46)54-45)53-41(47)34-32-30-28-26-24-22-20-18-16-14-12-10-8-6-4-2/h5-8,11-14,17-20,23-26,39-40,42-46,48-50H,3-4,9-10,15-16,21-22,27-38H2,1-2H3/b7-5-,8-6-,13-11-,14-12-,19-17-,20-18-,25-23-,26-24-. The van der Waals surface area contributed by atoms with Gasteiger partial charge in [0.2, 0.25) is 0 Å². The third-order valence-corrected chi connectivity index (χ3v) is 8.50. The molecule has 1 heterocycles. The van der Waals surface area contributed by atoms with Gasteiger partial charge in [0.05, 0.1) is 19.8 Å². The maximum absolute atomic E-state index is 12.7. The first-order chi connectivity index (χ1) is 26.4. The van der Waals surface area contributed by atoms with Gasteiger partial charge in [0.1, 0.15) is 30.5 Å². The van der Waals surface area contributed by atoms with Crippen molar-refractivity contribution < 1.29 is 44.2 Å². The molecule has 1 aliphatic heterocycles. The minimum absolute atomic E-state index is 0.0992. The summed E-state index contributed by atoms with van der Waals surface area (Å²) >= 11 is 0. The summed E-state index contributed by atoms with van der Waals surface area (Å²) in [4.78, 5) is 12.7. The summed E-state index contributed by atoms with van der Waals surface area (Å²) in [6, 6.07) is 0. The highest BCUT2D eigenvalue weighted by atomic mass is 16.7. The number of aliphatic hydroxyl groups excluding tert-OH is 4. The number of esters is 1. The lowest BCUT2D eigenvalue weighted by Gasteiger charge is -2.39. The zero-order valence-corrected chi connectivity index (χ0v) is 33.2. The Bertz CT molecular complexity index is 1130. The molecule has 6 atom stereocenters. The summed E-state index contributed by atoms with van der Waals surface area (Å²) in [6.07, 6.45) is 41.5. The minimum atomic E-state index is -1.56. The highest BCUT2D eigenvalue weighted by Crippen LogP contribution is 2.22. The number of carbonyl (C=O) groups is 1. The molecule has 9 heteroatoms. The largest absolute Gasteiger partial charge is 0.457 e. The number of hydrogen-bond acceptors (Lipinski definition) is 9. The topological polar surface area (TPSA) is 135 Å². The number of unbranched alkanes of at least 4 members (excludes halogenated alkanes) is 5. The van der Waals surface area contributed by atoms with E-state index < -0.39 is 43.4 Å². The van der Waals surface area contributed by atoms with Crippen LogP contribution in [0.3, 0.4) is 0 Å². The fraction of sp³-hybridized carbons (Fsp3) is 0.622. The third-order valence-electron chi connectivity index (χ3n) is 8.50. The van der Waals surface area contributed by atoms with E-state index in [-0.39, 0.29) is 25.6 Å². The van der Waals surface area contributed by atoms with Crippen LogP contribution in [0.25, 0.3) is 0 Å². The molecule has 4 N–H and O–H groups in total. The number of carbonyl (C=O) groups excluding carboxylic acids is 1. The summed E-state index contributed by atoms with van der Waals surface area (Å²) < 4.78 is 22.7. The molecule has 1 saturated heterocycles. The fourth-order valence-electron chi connectivity index (χ4n) is 5.35. The number of ether oxygens (including phenoxy) is 4. The van der Waals surface area contributed by atoms with Gasteiger partial charge < -0.3 is 39.4 Å². The monoisotopic (exact) mass is 757 g/mol. The van der Waals surface area contributed by atoms with Crippen molar-refractivity contribution in [2.45, 2.75) is 153 Å². The van der Waals surface area contributed by atoms with Crippen LogP contribution in [0.4, 0.5) is 0 Å². The van der Waals surface area contributed by atoms with Crippen molar-refractivity contribution in [2.24, 2.45) is 0 Å². The van der Waals surface area contributed by atoms with Crippen LogP contribution in [0, 0.1) is 0 Å².